The quantitative estimate of drug-likeness (QED) is 0.249. The van der Waals surface area contributed by atoms with E-state index in [9.17, 15) is 26.7 Å². The fourth-order valence-electron chi connectivity index (χ4n) is 3.23. The Balaban J connectivity index is 1.49. The van der Waals surface area contributed by atoms with E-state index in [1.54, 1.807) is 24.3 Å². The van der Waals surface area contributed by atoms with Gasteiger partial charge >= 0.3 is 6.36 Å². The lowest BCUT2D eigenvalue weighted by molar-refractivity contribution is -0.274. The lowest BCUT2D eigenvalue weighted by Crippen LogP contribution is -2.29. The number of fused-ring (bicyclic) bond motifs is 1. The van der Waals surface area contributed by atoms with Crippen LogP contribution in [0.15, 0.2) is 65.7 Å². The maximum absolute atomic E-state index is 12.5. The number of hydrogen-bond acceptors (Lipinski definition) is 7. The van der Waals surface area contributed by atoms with Gasteiger partial charge in [0.1, 0.15) is 25.2 Å². The largest absolute Gasteiger partial charge is 0.573 e. The van der Waals surface area contributed by atoms with Crippen molar-refractivity contribution >= 4 is 34.8 Å². The molecule has 0 saturated heterocycles. The fraction of sp³-hybridized carbons (Fsp3) is 0.143. The van der Waals surface area contributed by atoms with Gasteiger partial charge in [-0.3, -0.25) is 0 Å². The molecule has 3 N–H and O–H groups in total. The first-order valence-electron chi connectivity index (χ1n) is 10.1. The highest BCUT2D eigenvalue weighted by Gasteiger charge is 2.31. The number of para-hydroxylation sites is 1. The second-order valence-electron chi connectivity index (χ2n) is 7.23. The number of ether oxygens (including phenoxy) is 1. The van der Waals surface area contributed by atoms with E-state index in [0.717, 1.165) is 24.3 Å². The number of hydrogen-bond donors (Lipinski definition) is 3. The van der Waals surface area contributed by atoms with Gasteiger partial charge < -0.3 is 15.2 Å². The van der Waals surface area contributed by atoms with Crippen LogP contribution in [0.2, 0.25) is 0 Å². The second kappa shape index (κ2) is 9.46. The summed E-state index contributed by atoms with van der Waals surface area (Å²) in [6.07, 6.45) is -3.54. The Morgan fingerprint density at radius 3 is 2.60 bits per heavy atom. The third-order valence-electron chi connectivity index (χ3n) is 4.75. The molecule has 0 unspecified atom stereocenters. The van der Waals surface area contributed by atoms with Crippen LogP contribution in [0.25, 0.3) is 16.9 Å². The molecule has 0 spiro atoms. The highest BCUT2D eigenvalue weighted by molar-refractivity contribution is 7.89. The van der Waals surface area contributed by atoms with E-state index in [1.807, 2.05) is 0 Å². The Hall–Kier alpha value is -3.78. The summed E-state index contributed by atoms with van der Waals surface area (Å²) in [5.74, 6) is -0.215. The van der Waals surface area contributed by atoms with Gasteiger partial charge in [0.25, 0.3) is 0 Å². The average molecular weight is 503 g/mol. The number of aromatic nitrogens is 3. The number of nitrogens with zero attached hydrogens (tertiary/aromatic N) is 3. The monoisotopic (exact) mass is 503 g/mol. The molecule has 4 rings (SSSR count). The van der Waals surface area contributed by atoms with Gasteiger partial charge in [-0.05, 0) is 29.7 Å². The van der Waals surface area contributed by atoms with Crippen molar-refractivity contribution in [3.8, 4) is 22.8 Å². The van der Waals surface area contributed by atoms with E-state index in [2.05, 4.69) is 24.9 Å². The molecule has 0 aliphatic rings. The van der Waals surface area contributed by atoms with Crippen molar-refractivity contribution in [2.24, 2.45) is 0 Å². The van der Waals surface area contributed by atoms with E-state index in [1.165, 1.54) is 16.8 Å². The predicted octanol–water partition coefficient (Wildman–Crippen LogP) is 2.18. The maximum Gasteiger partial charge on any atom is 0.573 e. The van der Waals surface area contributed by atoms with Crippen LogP contribution in [0.1, 0.15) is 0 Å². The van der Waals surface area contributed by atoms with Crippen molar-refractivity contribution in [1.29, 1.82) is 0 Å². The summed E-state index contributed by atoms with van der Waals surface area (Å²) in [4.78, 5) is 4.06. The summed E-state index contributed by atoms with van der Waals surface area (Å²) in [6.45, 7) is -0.0315. The van der Waals surface area contributed by atoms with E-state index in [4.69, 9.17) is 7.85 Å². The molecule has 9 nitrogen and oxygen atoms in total. The number of alkyl halides is 3. The molecule has 35 heavy (non-hydrogen) atoms. The first-order chi connectivity index (χ1) is 16.5. The Bertz CT molecular complexity index is 1480. The van der Waals surface area contributed by atoms with E-state index in [-0.39, 0.29) is 23.7 Å². The molecule has 0 aliphatic carbocycles. The van der Waals surface area contributed by atoms with Crippen molar-refractivity contribution in [1.82, 2.24) is 19.3 Å². The molecule has 0 aliphatic heterocycles. The average Bonchev–Trinajstić information content (AvgIpc) is 3.17. The van der Waals surface area contributed by atoms with Crippen LogP contribution in [0, 0.1) is 0 Å². The number of sulfonamides is 1. The molecular weight excluding hydrogens is 486 g/mol. The standard InChI is InChI=1S/C21H17BF3N5O4S/c22-16-12-27-30-19(11-17(29-20(16)30)15-6-1-2-7-18(15)31)26-8-9-28-35(32,33)14-5-3-4-13(10-14)34-21(23,24)25/h1-7,10-12,26,28,31H,8-9H2. The molecule has 0 bridgehead atoms. The van der Waals surface area contributed by atoms with Crippen LogP contribution in [0.3, 0.4) is 0 Å². The highest BCUT2D eigenvalue weighted by atomic mass is 32.2. The zero-order valence-electron chi connectivity index (χ0n) is 17.8. The molecule has 14 heteroatoms. The summed E-state index contributed by atoms with van der Waals surface area (Å²) in [7, 11) is 1.84. The van der Waals surface area contributed by atoms with Crippen molar-refractivity contribution in [2.75, 3.05) is 18.4 Å². The summed E-state index contributed by atoms with van der Waals surface area (Å²) in [6, 6.07) is 12.3. The summed E-state index contributed by atoms with van der Waals surface area (Å²) < 4.78 is 69.8. The first-order valence-corrected chi connectivity index (χ1v) is 11.5. The van der Waals surface area contributed by atoms with Crippen molar-refractivity contribution < 1.29 is 31.4 Å². The minimum Gasteiger partial charge on any atom is -0.507 e. The van der Waals surface area contributed by atoms with Gasteiger partial charge in [-0.1, -0.05) is 18.2 Å². The maximum atomic E-state index is 12.5. The van der Waals surface area contributed by atoms with E-state index >= 15 is 0 Å². The van der Waals surface area contributed by atoms with Gasteiger partial charge in [-0.15, -0.1) is 13.2 Å². The van der Waals surface area contributed by atoms with Crippen LogP contribution in [0.5, 0.6) is 11.5 Å². The molecule has 2 aromatic heterocycles. The van der Waals surface area contributed by atoms with Gasteiger partial charge in [0.2, 0.25) is 10.0 Å². The number of phenols is 1. The molecular formula is C21H17BF3N5O4S. The van der Waals surface area contributed by atoms with E-state index < -0.39 is 22.1 Å². The SMILES string of the molecule is [B]c1cnn2c(NCCNS(=O)(=O)c3cccc(OC(F)(F)F)c3)cc(-c3ccccc3O)nc12. The minimum absolute atomic E-state index is 0.0119. The highest BCUT2D eigenvalue weighted by Crippen LogP contribution is 2.29. The van der Waals surface area contributed by atoms with Gasteiger partial charge in [-0.25, -0.2) is 18.1 Å². The first kappa shape index (κ1) is 24.4. The zero-order valence-corrected chi connectivity index (χ0v) is 18.6. The number of rotatable bonds is 8. The normalized spacial score (nSPS) is 12.1. The van der Waals surface area contributed by atoms with E-state index in [0.29, 0.717) is 28.2 Å². The van der Waals surface area contributed by atoms with Gasteiger partial charge in [0.05, 0.1) is 10.6 Å². The van der Waals surface area contributed by atoms with Crippen LogP contribution >= 0.6 is 0 Å². The Morgan fingerprint density at radius 1 is 1.09 bits per heavy atom. The number of phenolic OH excluding ortho intramolecular Hbond substituents is 1. The van der Waals surface area contributed by atoms with Crippen LogP contribution < -0.4 is 20.2 Å². The third-order valence-corrected chi connectivity index (χ3v) is 6.21. The summed E-state index contributed by atoms with van der Waals surface area (Å²) >= 11 is 0. The molecule has 0 saturated carbocycles. The number of halogens is 3. The lowest BCUT2D eigenvalue weighted by atomic mass is 10.0. The Kier molecular flexibility index (Phi) is 6.59. The smallest absolute Gasteiger partial charge is 0.507 e. The van der Waals surface area contributed by atoms with Crippen LogP contribution in [0.4, 0.5) is 19.0 Å². The lowest BCUT2D eigenvalue weighted by Gasteiger charge is -2.13. The number of benzene rings is 2. The van der Waals surface area contributed by atoms with Crippen LogP contribution in [-0.2, 0) is 10.0 Å². The molecule has 2 heterocycles. The Morgan fingerprint density at radius 2 is 1.86 bits per heavy atom. The van der Waals surface area contributed by atoms with Crippen molar-refractivity contribution in [3.63, 3.8) is 0 Å². The topological polar surface area (TPSA) is 118 Å². The molecule has 4 aromatic rings. The fourth-order valence-corrected chi connectivity index (χ4v) is 4.30. The minimum atomic E-state index is -4.94. The van der Waals surface area contributed by atoms with Crippen molar-refractivity contribution in [2.45, 2.75) is 11.3 Å². The molecule has 0 atom stereocenters. The number of nitrogens with one attached hydrogen (secondary N) is 2. The predicted molar refractivity (Wildman–Crippen MR) is 122 cm³/mol. The molecule has 2 radical (unpaired) electrons. The Labute approximate surface area is 199 Å². The third kappa shape index (κ3) is 5.66. The molecule has 0 amide bonds. The van der Waals surface area contributed by atoms with Gasteiger partial charge in [0, 0.05) is 37.0 Å². The summed E-state index contributed by atoms with van der Waals surface area (Å²) in [5, 5.41) is 17.3. The van der Waals surface area contributed by atoms with Crippen molar-refractivity contribution in [3.05, 3.63) is 60.8 Å². The summed E-state index contributed by atoms with van der Waals surface area (Å²) in [5.41, 5.74) is 1.50. The number of aromatic hydroxyl groups is 1. The number of anilines is 1. The molecule has 0 fully saturated rings. The second-order valence-corrected chi connectivity index (χ2v) is 8.99. The molecule has 180 valence electrons. The van der Waals surface area contributed by atoms with Gasteiger partial charge in [0.15, 0.2) is 5.65 Å². The zero-order chi connectivity index (χ0) is 25.2. The van der Waals surface area contributed by atoms with Crippen LogP contribution in [-0.4, -0.2) is 55.4 Å². The molecule has 2 aromatic carbocycles. The van der Waals surface area contributed by atoms with Gasteiger partial charge in [-0.2, -0.15) is 9.61 Å².